The van der Waals surface area contributed by atoms with E-state index >= 15 is 0 Å². The number of rotatable bonds is 2. The number of nitrogens with two attached hydrogens (primary N) is 1. The third kappa shape index (κ3) is 2.20. The highest BCUT2D eigenvalue weighted by molar-refractivity contribution is 9.10. The fourth-order valence-corrected chi connectivity index (χ4v) is 2.64. The lowest BCUT2D eigenvalue weighted by molar-refractivity contribution is 0.647. The molecule has 0 unspecified atom stereocenters. The molecule has 0 amide bonds. The number of halogens is 1. The number of fused-ring (bicyclic) bond motifs is 1. The van der Waals surface area contributed by atoms with Gasteiger partial charge in [-0.05, 0) is 18.2 Å². The van der Waals surface area contributed by atoms with Gasteiger partial charge in [0.05, 0.1) is 18.1 Å². The van der Waals surface area contributed by atoms with Gasteiger partial charge in [0.15, 0.2) is 0 Å². The van der Waals surface area contributed by atoms with Crippen molar-refractivity contribution < 1.29 is 0 Å². The van der Waals surface area contributed by atoms with Crippen LogP contribution in [-0.2, 0) is 6.54 Å². The summed E-state index contributed by atoms with van der Waals surface area (Å²) in [6.07, 6.45) is 1.70. The van der Waals surface area contributed by atoms with Gasteiger partial charge in [-0.3, -0.25) is 4.79 Å². The van der Waals surface area contributed by atoms with Crippen molar-refractivity contribution >= 4 is 32.4 Å². The zero-order valence-electron chi connectivity index (χ0n) is 10.6. The van der Waals surface area contributed by atoms with E-state index in [4.69, 9.17) is 5.73 Å². The topological polar surface area (TPSA) is 60.9 Å². The van der Waals surface area contributed by atoms with Crippen LogP contribution in [0.15, 0.2) is 57.9 Å². The molecule has 0 atom stereocenters. The van der Waals surface area contributed by atoms with Crippen LogP contribution < -0.4 is 11.3 Å². The molecule has 100 valence electrons. The number of hydrogen-bond acceptors (Lipinski definition) is 3. The third-order valence-corrected chi connectivity index (χ3v) is 3.97. The molecule has 2 N–H and O–H groups in total. The van der Waals surface area contributed by atoms with Crippen LogP contribution in [0.2, 0.25) is 0 Å². The van der Waals surface area contributed by atoms with Crippen molar-refractivity contribution in [3.8, 4) is 0 Å². The highest BCUT2D eigenvalue weighted by atomic mass is 79.9. The van der Waals surface area contributed by atoms with Crippen LogP contribution in [0.5, 0.6) is 0 Å². The zero-order chi connectivity index (χ0) is 14.1. The summed E-state index contributed by atoms with van der Waals surface area (Å²) < 4.78 is 2.30. The molecule has 1 aromatic heterocycles. The Morgan fingerprint density at radius 1 is 1.15 bits per heavy atom. The summed E-state index contributed by atoms with van der Waals surface area (Å²) in [6, 6.07) is 13.0. The summed E-state index contributed by atoms with van der Waals surface area (Å²) in [4.78, 5) is 12.4. The lowest BCUT2D eigenvalue weighted by atomic mass is 10.1. The Labute approximate surface area is 124 Å². The maximum absolute atomic E-state index is 12.4. The molecule has 0 saturated carbocycles. The second-order valence-electron chi connectivity index (χ2n) is 4.50. The minimum Gasteiger partial charge on any atom is -0.398 e. The molecule has 3 aromatic rings. The summed E-state index contributed by atoms with van der Waals surface area (Å²) in [5.74, 6) is 0. The van der Waals surface area contributed by atoms with Crippen LogP contribution in [-0.4, -0.2) is 9.78 Å². The Hall–Kier alpha value is -2.14. The van der Waals surface area contributed by atoms with E-state index in [2.05, 4.69) is 21.0 Å². The zero-order valence-corrected chi connectivity index (χ0v) is 12.2. The number of nitrogen functional groups attached to an aromatic ring is 1. The van der Waals surface area contributed by atoms with Crippen molar-refractivity contribution in [2.24, 2.45) is 0 Å². The van der Waals surface area contributed by atoms with Crippen molar-refractivity contribution in [3.63, 3.8) is 0 Å². The lowest BCUT2D eigenvalue weighted by Gasteiger charge is -2.10. The Bertz CT molecular complexity index is 822. The fourth-order valence-electron chi connectivity index (χ4n) is 2.13. The van der Waals surface area contributed by atoms with Gasteiger partial charge in [0.25, 0.3) is 5.56 Å². The van der Waals surface area contributed by atoms with Crippen molar-refractivity contribution in [2.45, 2.75) is 6.54 Å². The van der Waals surface area contributed by atoms with Gasteiger partial charge < -0.3 is 5.73 Å². The summed E-state index contributed by atoms with van der Waals surface area (Å²) in [6.45, 7) is 0.344. The number of nitrogens with zero attached hydrogens (tertiary/aromatic N) is 2. The molecular formula is C15H12BrN3O. The molecule has 0 radical (unpaired) electrons. The first-order valence-electron chi connectivity index (χ1n) is 6.14. The second kappa shape index (κ2) is 5.09. The Balaban J connectivity index is 2.12. The SMILES string of the molecule is Nc1cccc(Br)c1Cn1ncc2ccccc2c1=O. The van der Waals surface area contributed by atoms with E-state index in [1.807, 2.05) is 36.4 Å². The molecule has 3 rings (SSSR count). The van der Waals surface area contributed by atoms with E-state index in [0.717, 1.165) is 15.4 Å². The molecule has 5 heteroatoms. The maximum Gasteiger partial charge on any atom is 0.274 e. The van der Waals surface area contributed by atoms with Gasteiger partial charge in [0.1, 0.15) is 0 Å². The Morgan fingerprint density at radius 3 is 2.75 bits per heavy atom. The minimum absolute atomic E-state index is 0.113. The van der Waals surface area contributed by atoms with Gasteiger partial charge >= 0.3 is 0 Å². The van der Waals surface area contributed by atoms with E-state index in [9.17, 15) is 4.79 Å². The van der Waals surface area contributed by atoms with E-state index in [0.29, 0.717) is 17.6 Å². The molecule has 4 nitrogen and oxygen atoms in total. The smallest absolute Gasteiger partial charge is 0.274 e. The molecule has 0 bridgehead atoms. The number of anilines is 1. The van der Waals surface area contributed by atoms with E-state index in [1.165, 1.54) is 4.68 Å². The quantitative estimate of drug-likeness (QED) is 0.735. The highest BCUT2D eigenvalue weighted by Gasteiger charge is 2.08. The van der Waals surface area contributed by atoms with Gasteiger partial charge in [-0.2, -0.15) is 5.10 Å². The Morgan fingerprint density at radius 2 is 1.95 bits per heavy atom. The van der Waals surface area contributed by atoms with E-state index < -0.39 is 0 Å². The average Bonchev–Trinajstić information content (AvgIpc) is 2.45. The van der Waals surface area contributed by atoms with Crippen LogP contribution in [0.3, 0.4) is 0 Å². The molecule has 20 heavy (non-hydrogen) atoms. The van der Waals surface area contributed by atoms with Crippen LogP contribution in [0.1, 0.15) is 5.56 Å². The van der Waals surface area contributed by atoms with Crippen LogP contribution in [0.4, 0.5) is 5.69 Å². The number of aromatic nitrogens is 2. The average molecular weight is 330 g/mol. The summed E-state index contributed by atoms with van der Waals surface area (Å²) >= 11 is 3.46. The molecule has 0 fully saturated rings. The normalized spacial score (nSPS) is 10.8. The highest BCUT2D eigenvalue weighted by Crippen LogP contribution is 2.23. The molecule has 0 aliphatic rings. The summed E-state index contributed by atoms with van der Waals surface area (Å²) in [7, 11) is 0. The van der Waals surface area contributed by atoms with Gasteiger partial charge in [0, 0.05) is 21.1 Å². The lowest BCUT2D eigenvalue weighted by Crippen LogP contribution is -2.23. The molecule has 0 aliphatic heterocycles. The maximum atomic E-state index is 12.4. The van der Waals surface area contributed by atoms with Crippen molar-refractivity contribution in [1.29, 1.82) is 0 Å². The third-order valence-electron chi connectivity index (χ3n) is 3.22. The van der Waals surface area contributed by atoms with Gasteiger partial charge in [0.2, 0.25) is 0 Å². The number of benzene rings is 2. The molecule has 1 heterocycles. The van der Waals surface area contributed by atoms with Crippen LogP contribution >= 0.6 is 15.9 Å². The predicted molar refractivity (Wildman–Crippen MR) is 83.7 cm³/mol. The minimum atomic E-state index is -0.113. The van der Waals surface area contributed by atoms with Crippen LogP contribution in [0.25, 0.3) is 10.8 Å². The van der Waals surface area contributed by atoms with Crippen molar-refractivity contribution in [1.82, 2.24) is 9.78 Å². The van der Waals surface area contributed by atoms with Crippen molar-refractivity contribution in [3.05, 3.63) is 69.1 Å². The second-order valence-corrected chi connectivity index (χ2v) is 5.36. The number of hydrogen-bond donors (Lipinski definition) is 1. The van der Waals surface area contributed by atoms with Crippen molar-refractivity contribution in [2.75, 3.05) is 5.73 Å². The standard InChI is InChI=1S/C15H12BrN3O/c16-13-6-3-7-14(17)12(13)9-19-15(20)11-5-2-1-4-10(11)8-18-19/h1-8H,9,17H2. The van der Waals surface area contributed by atoms with E-state index in [1.54, 1.807) is 12.3 Å². The molecular weight excluding hydrogens is 318 g/mol. The molecule has 2 aromatic carbocycles. The summed E-state index contributed by atoms with van der Waals surface area (Å²) in [5, 5.41) is 5.71. The molecule has 0 spiro atoms. The summed E-state index contributed by atoms with van der Waals surface area (Å²) in [5.41, 5.74) is 7.34. The first-order valence-corrected chi connectivity index (χ1v) is 6.94. The predicted octanol–water partition coefficient (Wildman–Crippen LogP) is 2.79. The van der Waals surface area contributed by atoms with Gasteiger partial charge in [-0.25, -0.2) is 4.68 Å². The van der Waals surface area contributed by atoms with Gasteiger partial charge in [-0.1, -0.05) is 40.2 Å². The first kappa shape index (κ1) is 12.9. The molecule has 0 saturated heterocycles. The molecule has 0 aliphatic carbocycles. The van der Waals surface area contributed by atoms with Gasteiger partial charge in [-0.15, -0.1) is 0 Å². The Kier molecular flexibility index (Phi) is 3.28. The largest absolute Gasteiger partial charge is 0.398 e. The van der Waals surface area contributed by atoms with Crippen LogP contribution in [0, 0.1) is 0 Å². The fraction of sp³-hybridized carbons (Fsp3) is 0.0667. The first-order chi connectivity index (χ1) is 9.66. The van der Waals surface area contributed by atoms with E-state index in [-0.39, 0.29) is 5.56 Å². The monoisotopic (exact) mass is 329 g/mol.